The fourth-order valence-corrected chi connectivity index (χ4v) is 4.55. The van der Waals surface area contributed by atoms with Crippen LogP contribution < -0.4 is 9.46 Å². The van der Waals surface area contributed by atoms with Gasteiger partial charge in [-0.3, -0.25) is 4.72 Å². The third-order valence-electron chi connectivity index (χ3n) is 4.39. The molecule has 1 N–H and O–H groups in total. The van der Waals surface area contributed by atoms with E-state index in [0.717, 1.165) is 12.1 Å². The molecular formula is C20H15F3N4O2S2. The van der Waals surface area contributed by atoms with E-state index < -0.39 is 22.7 Å². The van der Waals surface area contributed by atoms with Crippen molar-refractivity contribution < 1.29 is 22.1 Å². The maximum absolute atomic E-state index is 13.1. The van der Waals surface area contributed by atoms with Crippen LogP contribution >= 0.6 is 11.3 Å². The summed E-state index contributed by atoms with van der Waals surface area (Å²) >= 11 is 1.32. The highest BCUT2D eigenvalue weighted by atomic mass is 32.2. The van der Waals surface area contributed by atoms with E-state index in [9.17, 15) is 17.4 Å². The van der Waals surface area contributed by atoms with Crippen molar-refractivity contribution in [2.75, 3.05) is 11.8 Å². The predicted octanol–water partition coefficient (Wildman–Crippen LogP) is 5.22. The fourth-order valence-electron chi connectivity index (χ4n) is 3.02. The van der Waals surface area contributed by atoms with Crippen molar-refractivity contribution in [1.29, 1.82) is 0 Å². The number of hydrogen-bond donors (Lipinski definition) is 1. The number of alkyl halides is 3. The fraction of sp³-hybridized carbons (Fsp3) is 0.150. The van der Waals surface area contributed by atoms with Crippen LogP contribution in [-0.2, 0) is 17.2 Å². The minimum Gasteiger partial charge on any atom is -0.496 e. The van der Waals surface area contributed by atoms with Crippen LogP contribution in [0, 0.1) is 6.92 Å². The van der Waals surface area contributed by atoms with Crippen LogP contribution in [0.2, 0.25) is 0 Å². The molecule has 0 fully saturated rings. The molecule has 0 aliphatic rings. The Hall–Kier alpha value is -3.05. The maximum Gasteiger partial charge on any atom is 0.416 e. The molecule has 1 unspecified atom stereocenters. The van der Waals surface area contributed by atoms with Gasteiger partial charge >= 0.3 is 6.18 Å². The van der Waals surface area contributed by atoms with Gasteiger partial charge in [0, 0.05) is 22.5 Å². The first-order chi connectivity index (χ1) is 14.8. The number of halogens is 3. The Morgan fingerprint density at radius 1 is 1.13 bits per heavy atom. The second kappa shape index (κ2) is 8.23. The molecule has 2 aromatic heterocycles. The van der Waals surface area contributed by atoms with Crippen molar-refractivity contribution in [3.8, 4) is 17.0 Å². The highest BCUT2D eigenvalue weighted by Crippen LogP contribution is 2.38. The van der Waals surface area contributed by atoms with E-state index >= 15 is 0 Å². The number of benzene rings is 2. The van der Waals surface area contributed by atoms with Crippen LogP contribution in [0.4, 0.5) is 18.3 Å². The number of thiazole rings is 1. The molecule has 11 heteroatoms. The highest BCUT2D eigenvalue weighted by molar-refractivity contribution is 7.86. The van der Waals surface area contributed by atoms with Gasteiger partial charge < -0.3 is 4.74 Å². The Labute approximate surface area is 181 Å². The topological polar surface area (TPSA) is 77.0 Å². The van der Waals surface area contributed by atoms with Crippen molar-refractivity contribution in [2.45, 2.75) is 18.0 Å². The number of hydrogen-bond acceptors (Lipinski definition) is 6. The molecule has 0 amide bonds. The number of nitrogens with one attached hydrogen (secondary N) is 1. The SMILES string of the molecule is COc1cc(C(F)(F)F)ccc1-c1nc(C)nc2cc(S(=O)Nc3nccs3)ccc12. The van der Waals surface area contributed by atoms with E-state index in [2.05, 4.69) is 19.7 Å². The molecule has 4 aromatic rings. The molecule has 4 rings (SSSR count). The molecule has 2 heterocycles. The zero-order chi connectivity index (χ0) is 22.2. The van der Waals surface area contributed by atoms with Crippen molar-refractivity contribution in [2.24, 2.45) is 0 Å². The molecule has 0 saturated carbocycles. The number of aryl methyl sites for hydroxylation is 1. The third-order valence-corrected chi connectivity index (χ3v) is 6.27. The van der Waals surface area contributed by atoms with Gasteiger partial charge in [0.1, 0.15) is 11.6 Å². The van der Waals surface area contributed by atoms with Crippen LogP contribution in [0.3, 0.4) is 0 Å². The number of methoxy groups -OCH3 is 1. The van der Waals surface area contributed by atoms with E-state index in [1.165, 1.54) is 24.5 Å². The first kappa shape index (κ1) is 21.2. The summed E-state index contributed by atoms with van der Waals surface area (Å²) in [5, 5.41) is 2.88. The van der Waals surface area contributed by atoms with Gasteiger partial charge in [-0.15, -0.1) is 11.3 Å². The summed E-state index contributed by atoms with van der Waals surface area (Å²) in [4.78, 5) is 13.4. The summed E-state index contributed by atoms with van der Waals surface area (Å²) in [5.41, 5.74) is 0.532. The molecule has 0 radical (unpaired) electrons. The molecule has 0 saturated heterocycles. The monoisotopic (exact) mass is 464 g/mol. The van der Waals surface area contributed by atoms with Gasteiger partial charge in [0.05, 0.1) is 28.8 Å². The quantitative estimate of drug-likeness (QED) is 0.438. The van der Waals surface area contributed by atoms with Crippen LogP contribution in [0.25, 0.3) is 22.2 Å². The third kappa shape index (κ3) is 4.37. The summed E-state index contributed by atoms with van der Waals surface area (Å²) in [6, 6.07) is 8.26. The number of ether oxygens (including phenoxy) is 1. The summed E-state index contributed by atoms with van der Waals surface area (Å²) in [6.07, 6.45) is -2.89. The average molecular weight is 464 g/mol. The van der Waals surface area contributed by atoms with Crippen molar-refractivity contribution >= 4 is 38.4 Å². The first-order valence-electron chi connectivity index (χ1n) is 8.88. The van der Waals surface area contributed by atoms with E-state index in [4.69, 9.17) is 4.74 Å². The van der Waals surface area contributed by atoms with Gasteiger partial charge in [-0.2, -0.15) is 13.2 Å². The van der Waals surface area contributed by atoms with Gasteiger partial charge in [-0.05, 0) is 43.3 Å². The average Bonchev–Trinajstić information content (AvgIpc) is 3.24. The van der Waals surface area contributed by atoms with Gasteiger partial charge in [0.2, 0.25) is 0 Å². The van der Waals surface area contributed by atoms with E-state index in [1.54, 1.807) is 36.7 Å². The van der Waals surface area contributed by atoms with Gasteiger partial charge in [-0.1, -0.05) is 0 Å². The number of nitrogens with zero attached hydrogens (tertiary/aromatic N) is 3. The van der Waals surface area contributed by atoms with Gasteiger partial charge in [0.15, 0.2) is 16.1 Å². The Morgan fingerprint density at radius 3 is 2.61 bits per heavy atom. The normalized spacial score (nSPS) is 12.7. The number of anilines is 1. The summed E-state index contributed by atoms with van der Waals surface area (Å²) in [5.74, 6) is 0.465. The van der Waals surface area contributed by atoms with Gasteiger partial charge in [0.25, 0.3) is 0 Å². The van der Waals surface area contributed by atoms with Crippen LogP contribution in [0.1, 0.15) is 11.4 Å². The lowest BCUT2D eigenvalue weighted by Crippen LogP contribution is -2.06. The highest BCUT2D eigenvalue weighted by Gasteiger charge is 2.31. The Bertz CT molecular complexity index is 1280. The number of fused-ring (bicyclic) bond motifs is 1. The van der Waals surface area contributed by atoms with Crippen molar-refractivity contribution in [3.05, 3.63) is 59.4 Å². The summed E-state index contributed by atoms with van der Waals surface area (Å²) in [6.45, 7) is 1.68. The lowest BCUT2D eigenvalue weighted by molar-refractivity contribution is -0.137. The minimum atomic E-state index is -4.49. The van der Waals surface area contributed by atoms with E-state index in [-0.39, 0.29) is 5.75 Å². The lowest BCUT2D eigenvalue weighted by Gasteiger charge is -2.14. The largest absolute Gasteiger partial charge is 0.496 e. The van der Waals surface area contributed by atoms with Crippen LogP contribution in [0.5, 0.6) is 5.75 Å². The second-order valence-electron chi connectivity index (χ2n) is 6.42. The molecule has 31 heavy (non-hydrogen) atoms. The van der Waals surface area contributed by atoms with Crippen LogP contribution in [-0.4, -0.2) is 26.3 Å². The smallest absolute Gasteiger partial charge is 0.416 e. The zero-order valence-corrected chi connectivity index (χ0v) is 17.9. The first-order valence-corrected chi connectivity index (χ1v) is 10.9. The second-order valence-corrected chi connectivity index (χ2v) is 8.53. The molecule has 160 valence electrons. The molecule has 2 aromatic carbocycles. The summed E-state index contributed by atoms with van der Waals surface area (Å²) in [7, 11) is -0.251. The molecule has 0 spiro atoms. The zero-order valence-electron chi connectivity index (χ0n) is 16.2. The van der Waals surface area contributed by atoms with Gasteiger partial charge in [-0.25, -0.2) is 19.2 Å². The summed E-state index contributed by atoms with van der Waals surface area (Å²) < 4.78 is 59.9. The molecule has 6 nitrogen and oxygen atoms in total. The number of aromatic nitrogens is 3. The van der Waals surface area contributed by atoms with Crippen molar-refractivity contribution in [3.63, 3.8) is 0 Å². The maximum atomic E-state index is 13.1. The predicted molar refractivity (Wildman–Crippen MR) is 113 cm³/mol. The van der Waals surface area contributed by atoms with E-state index in [1.807, 2.05) is 0 Å². The van der Waals surface area contributed by atoms with Crippen molar-refractivity contribution in [1.82, 2.24) is 15.0 Å². The molecule has 1 atom stereocenters. The standard InChI is InChI=1S/C20H15F3N4O2S2/c1-11-25-16-10-13(31(28)27-19-24-7-8-30-19)4-6-14(16)18(26-11)15-5-3-12(20(21,22)23)9-17(15)29-2/h3-10H,1-2H3,(H,24,27). The molecule has 0 aliphatic heterocycles. The number of rotatable bonds is 5. The minimum absolute atomic E-state index is 0.0484. The molecule has 0 bridgehead atoms. The molecular weight excluding hydrogens is 449 g/mol. The van der Waals surface area contributed by atoms with E-state index in [0.29, 0.717) is 38.0 Å². The van der Waals surface area contributed by atoms with Crippen LogP contribution in [0.15, 0.2) is 52.9 Å². The lowest BCUT2D eigenvalue weighted by atomic mass is 10.0. The molecule has 0 aliphatic carbocycles. The Kier molecular flexibility index (Phi) is 5.63. The Morgan fingerprint density at radius 2 is 1.94 bits per heavy atom. The Balaban J connectivity index is 1.80.